The second kappa shape index (κ2) is 6.99. The van der Waals surface area contributed by atoms with Gasteiger partial charge in [0.2, 0.25) is 0 Å². The topological polar surface area (TPSA) is 51.1 Å². The molecule has 0 fully saturated rings. The lowest BCUT2D eigenvalue weighted by Gasteiger charge is -2.17. The molecule has 0 bridgehead atoms. The minimum atomic E-state index is 0.269. The molecule has 0 atom stereocenters. The van der Waals surface area contributed by atoms with Crippen molar-refractivity contribution in [3.8, 4) is 0 Å². The first-order valence-electron chi connectivity index (χ1n) is 3.97. The lowest BCUT2D eigenvalue weighted by molar-refractivity contribution is -0.368. The molecule has 62 valence electrons. The molecule has 0 aliphatic heterocycles. The fourth-order valence-electron chi connectivity index (χ4n) is 0.905. The summed E-state index contributed by atoms with van der Waals surface area (Å²) in [4.78, 5) is 2.23. The average molecular weight is 147 g/mol. The molecule has 0 heterocycles. The SMILES string of the molecule is CCN(CCO)CCC[NH3+]. The van der Waals surface area contributed by atoms with Crippen molar-refractivity contribution < 1.29 is 10.8 Å². The smallest absolute Gasteiger partial charge is 0.0752 e. The van der Waals surface area contributed by atoms with E-state index in [4.69, 9.17) is 5.11 Å². The second-order valence-electron chi connectivity index (χ2n) is 2.36. The van der Waals surface area contributed by atoms with E-state index in [-0.39, 0.29) is 6.61 Å². The molecule has 0 aromatic rings. The number of hydrogen-bond acceptors (Lipinski definition) is 2. The van der Waals surface area contributed by atoms with Gasteiger partial charge in [0.15, 0.2) is 0 Å². The molecule has 0 radical (unpaired) electrons. The van der Waals surface area contributed by atoms with Crippen molar-refractivity contribution in [1.29, 1.82) is 0 Å². The Labute approximate surface area is 62.8 Å². The molecule has 3 heteroatoms. The molecule has 0 unspecified atom stereocenters. The summed E-state index contributed by atoms with van der Waals surface area (Å²) in [5, 5.41) is 8.61. The van der Waals surface area contributed by atoms with E-state index in [2.05, 4.69) is 17.6 Å². The van der Waals surface area contributed by atoms with Crippen LogP contribution in [0.5, 0.6) is 0 Å². The van der Waals surface area contributed by atoms with E-state index in [1.165, 1.54) is 0 Å². The summed E-state index contributed by atoms with van der Waals surface area (Å²) in [5.41, 5.74) is 3.76. The number of quaternary nitrogens is 1. The van der Waals surface area contributed by atoms with Crippen molar-refractivity contribution in [2.45, 2.75) is 13.3 Å². The van der Waals surface area contributed by atoms with Gasteiger partial charge in [-0.1, -0.05) is 6.92 Å². The van der Waals surface area contributed by atoms with Crippen molar-refractivity contribution in [2.75, 3.05) is 32.8 Å². The highest BCUT2D eigenvalue weighted by Gasteiger charge is 1.98. The Balaban J connectivity index is 3.21. The van der Waals surface area contributed by atoms with Crippen LogP contribution in [-0.2, 0) is 0 Å². The fourth-order valence-corrected chi connectivity index (χ4v) is 0.905. The summed E-state index contributed by atoms with van der Waals surface area (Å²) in [6.07, 6.45) is 1.13. The van der Waals surface area contributed by atoms with Gasteiger partial charge >= 0.3 is 0 Å². The maximum Gasteiger partial charge on any atom is 0.0752 e. The van der Waals surface area contributed by atoms with Gasteiger partial charge in [-0.05, 0) is 6.54 Å². The van der Waals surface area contributed by atoms with E-state index in [0.717, 1.165) is 32.6 Å². The molecule has 0 aliphatic carbocycles. The minimum absolute atomic E-state index is 0.269. The summed E-state index contributed by atoms with van der Waals surface area (Å²) in [7, 11) is 0. The van der Waals surface area contributed by atoms with Crippen LogP contribution in [0.1, 0.15) is 13.3 Å². The maximum absolute atomic E-state index is 8.61. The average Bonchev–Trinajstić information content (AvgIpc) is 1.98. The molecule has 0 saturated heterocycles. The van der Waals surface area contributed by atoms with Crippen molar-refractivity contribution in [3.63, 3.8) is 0 Å². The lowest BCUT2D eigenvalue weighted by atomic mass is 10.4. The summed E-state index contributed by atoms with van der Waals surface area (Å²) >= 11 is 0. The van der Waals surface area contributed by atoms with Crippen LogP contribution >= 0.6 is 0 Å². The predicted octanol–water partition coefficient (Wildman–Crippen LogP) is -1.07. The first-order chi connectivity index (χ1) is 4.85. The molecule has 4 N–H and O–H groups in total. The standard InChI is InChI=1S/C7H18N2O/c1-2-9(6-7-10)5-3-4-8/h10H,2-8H2,1H3/p+1. The van der Waals surface area contributed by atoms with Crippen LogP contribution in [-0.4, -0.2) is 42.8 Å². The Hall–Kier alpha value is -0.120. The maximum atomic E-state index is 8.61. The second-order valence-corrected chi connectivity index (χ2v) is 2.36. The first kappa shape index (κ1) is 9.88. The van der Waals surface area contributed by atoms with Gasteiger partial charge in [0.1, 0.15) is 0 Å². The van der Waals surface area contributed by atoms with Gasteiger partial charge in [-0.2, -0.15) is 0 Å². The third kappa shape index (κ3) is 4.73. The molecule has 0 spiro atoms. The van der Waals surface area contributed by atoms with Gasteiger partial charge in [0, 0.05) is 19.5 Å². The molecule has 0 aromatic carbocycles. The molecule has 3 nitrogen and oxygen atoms in total. The third-order valence-electron chi connectivity index (χ3n) is 1.59. The van der Waals surface area contributed by atoms with Gasteiger partial charge in [0.25, 0.3) is 0 Å². The zero-order valence-corrected chi connectivity index (χ0v) is 6.84. The fraction of sp³-hybridized carbons (Fsp3) is 1.00. The van der Waals surface area contributed by atoms with Gasteiger partial charge in [-0.25, -0.2) is 0 Å². The van der Waals surface area contributed by atoms with Crippen molar-refractivity contribution >= 4 is 0 Å². The normalized spacial score (nSPS) is 10.8. The van der Waals surface area contributed by atoms with Crippen LogP contribution in [0.3, 0.4) is 0 Å². The molecule has 0 saturated carbocycles. The molecule has 0 aromatic heterocycles. The zero-order valence-electron chi connectivity index (χ0n) is 6.84. The number of rotatable bonds is 6. The van der Waals surface area contributed by atoms with E-state index in [1.54, 1.807) is 0 Å². The van der Waals surface area contributed by atoms with Gasteiger partial charge < -0.3 is 15.7 Å². The number of likely N-dealkylation sites (N-methyl/N-ethyl adjacent to an activating group) is 1. The van der Waals surface area contributed by atoms with Gasteiger partial charge in [-0.15, -0.1) is 0 Å². The molecular weight excluding hydrogens is 128 g/mol. The summed E-state index contributed by atoms with van der Waals surface area (Å²) < 4.78 is 0. The summed E-state index contributed by atoms with van der Waals surface area (Å²) in [6, 6.07) is 0. The number of aliphatic hydroxyl groups excluding tert-OH is 1. The minimum Gasteiger partial charge on any atom is -0.395 e. The van der Waals surface area contributed by atoms with Crippen molar-refractivity contribution in [1.82, 2.24) is 4.90 Å². The molecule has 0 amide bonds. The lowest BCUT2D eigenvalue weighted by Crippen LogP contribution is -2.51. The Morgan fingerprint density at radius 1 is 1.40 bits per heavy atom. The Morgan fingerprint density at radius 2 is 2.10 bits per heavy atom. The van der Waals surface area contributed by atoms with Crippen LogP contribution in [0, 0.1) is 0 Å². The molecular formula is C7H19N2O+. The van der Waals surface area contributed by atoms with E-state index in [9.17, 15) is 0 Å². The van der Waals surface area contributed by atoms with Crippen molar-refractivity contribution in [2.24, 2.45) is 0 Å². The third-order valence-corrected chi connectivity index (χ3v) is 1.59. The number of nitrogens with zero attached hydrogens (tertiary/aromatic N) is 1. The highest BCUT2D eigenvalue weighted by molar-refractivity contribution is 4.52. The van der Waals surface area contributed by atoms with E-state index in [0.29, 0.717) is 0 Å². The van der Waals surface area contributed by atoms with Crippen LogP contribution in [0.2, 0.25) is 0 Å². The van der Waals surface area contributed by atoms with E-state index < -0.39 is 0 Å². The highest BCUT2D eigenvalue weighted by Crippen LogP contribution is 1.87. The molecule has 0 rings (SSSR count). The van der Waals surface area contributed by atoms with E-state index >= 15 is 0 Å². The Kier molecular flexibility index (Phi) is 6.91. The Bertz CT molecular complexity index is 68.6. The highest BCUT2D eigenvalue weighted by atomic mass is 16.3. The molecule has 0 aliphatic rings. The monoisotopic (exact) mass is 147 g/mol. The van der Waals surface area contributed by atoms with E-state index in [1.807, 2.05) is 0 Å². The van der Waals surface area contributed by atoms with Crippen LogP contribution in [0.15, 0.2) is 0 Å². The molecule has 10 heavy (non-hydrogen) atoms. The number of aliphatic hydroxyl groups is 1. The Morgan fingerprint density at radius 3 is 2.50 bits per heavy atom. The van der Waals surface area contributed by atoms with Gasteiger partial charge in [-0.3, -0.25) is 0 Å². The zero-order chi connectivity index (χ0) is 7.82. The van der Waals surface area contributed by atoms with Crippen LogP contribution in [0.25, 0.3) is 0 Å². The van der Waals surface area contributed by atoms with Crippen LogP contribution in [0.4, 0.5) is 0 Å². The van der Waals surface area contributed by atoms with Gasteiger partial charge in [0.05, 0.1) is 13.2 Å². The van der Waals surface area contributed by atoms with Crippen molar-refractivity contribution in [3.05, 3.63) is 0 Å². The summed E-state index contributed by atoms with van der Waals surface area (Å²) in [5.74, 6) is 0. The first-order valence-corrected chi connectivity index (χ1v) is 3.97. The predicted molar refractivity (Wildman–Crippen MR) is 41.6 cm³/mol. The quantitative estimate of drug-likeness (QED) is 0.503. The van der Waals surface area contributed by atoms with Crippen LogP contribution < -0.4 is 5.73 Å². The largest absolute Gasteiger partial charge is 0.395 e. The summed E-state index contributed by atoms with van der Waals surface area (Å²) in [6.45, 7) is 6.27. The number of hydrogen-bond donors (Lipinski definition) is 2.